The Morgan fingerprint density at radius 2 is 2.05 bits per heavy atom. The minimum Gasteiger partial charge on any atom is -0.306 e. The molecule has 3 heteroatoms. The van der Waals surface area contributed by atoms with Crippen LogP contribution in [0.15, 0.2) is 30.5 Å². The SMILES string of the molecule is CN1CCC(c2cnc3ccc(C=O)cc3c2)CC1. The Balaban J connectivity index is 1.94. The van der Waals surface area contributed by atoms with Crippen LogP contribution in [0.2, 0.25) is 0 Å². The summed E-state index contributed by atoms with van der Waals surface area (Å²) in [7, 11) is 2.17. The van der Waals surface area contributed by atoms with Gasteiger partial charge in [0.2, 0.25) is 0 Å². The van der Waals surface area contributed by atoms with E-state index in [1.54, 1.807) is 0 Å². The second-order valence-electron chi connectivity index (χ2n) is 5.42. The first kappa shape index (κ1) is 12.3. The van der Waals surface area contributed by atoms with Crippen molar-refractivity contribution in [3.8, 4) is 0 Å². The van der Waals surface area contributed by atoms with Crippen LogP contribution in [-0.4, -0.2) is 36.3 Å². The smallest absolute Gasteiger partial charge is 0.150 e. The fraction of sp³-hybridized carbons (Fsp3) is 0.375. The van der Waals surface area contributed by atoms with Gasteiger partial charge in [-0.15, -0.1) is 0 Å². The van der Waals surface area contributed by atoms with Gasteiger partial charge in [0.05, 0.1) is 5.52 Å². The highest BCUT2D eigenvalue weighted by molar-refractivity contribution is 5.86. The summed E-state index contributed by atoms with van der Waals surface area (Å²) in [5.74, 6) is 0.605. The van der Waals surface area contributed by atoms with Gasteiger partial charge in [0.1, 0.15) is 6.29 Å². The molecule has 1 saturated heterocycles. The zero-order valence-electron chi connectivity index (χ0n) is 11.2. The molecular formula is C16H18N2O. The van der Waals surface area contributed by atoms with Crippen molar-refractivity contribution in [1.82, 2.24) is 9.88 Å². The van der Waals surface area contributed by atoms with E-state index in [4.69, 9.17) is 0 Å². The normalized spacial score (nSPS) is 17.7. The molecule has 98 valence electrons. The molecule has 0 N–H and O–H groups in total. The minimum atomic E-state index is 0.605. The van der Waals surface area contributed by atoms with E-state index in [9.17, 15) is 4.79 Å². The first-order valence-electron chi connectivity index (χ1n) is 6.80. The van der Waals surface area contributed by atoms with Crippen LogP contribution < -0.4 is 0 Å². The van der Waals surface area contributed by atoms with Gasteiger partial charge in [0.25, 0.3) is 0 Å². The number of likely N-dealkylation sites (tertiary alicyclic amines) is 1. The summed E-state index contributed by atoms with van der Waals surface area (Å²) in [5.41, 5.74) is 2.99. The molecule has 0 amide bonds. The van der Waals surface area contributed by atoms with Crippen molar-refractivity contribution in [1.29, 1.82) is 0 Å². The number of rotatable bonds is 2. The number of nitrogens with zero attached hydrogens (tertiary/aromatic N) is 2. The third-order valence-electron chi connectivity index (χ3n) is 4.05. The highest BCUT2D eigenvalue weighted by atomic mass is 16.1. The first-order valence-corrected chi connectivity index (χ1v) is 6.80. The van der Waals surface area contributed by atoms with Crippen LogP contribution in [0.3, 0.4) is 0 Å². The van der Waals surface area contributed by atoms with Gasteiger partial charge < -0.3 is 4.90 Å². The third kappa shape index (κ3) is 2.51. The number of carbonyl (C=O) groups excluding carboxylic acids is 1. The molecular weight excluding hydrogens is 236 g/mol. The lowest BCUT2D eigenvalue weighted by atomic mass is 9.90. The molecule has 2 aromatic rings. The van der Waals surface area contributed by atoms with Crippen molar-refractivity contribution in [2.45, 2.75) is 18.8 Å². The van der Waals surface area contributed by atoms with Crippen LogP contribution >= 0.6 is 0 Å². The fourth-order valence-electron chi connectivity index (χ4n) is 2.81. The summed E-state index contributed by atoms with van der Waals surface area (Å²) in [6.07, 6.45) is 5.27. The standard InChI is InChI=1S/C16H18N2O/c1-18-6-4-13(5-7-18)15-9-14-8-12(11-19)2-3-16(14)17-10-15/h2-3,8-11,13H,4-7H2,1H3. The number of pyridine rings is 1. The number of fused-ring (bicyclic) bond motifs is 1. The number of piperidine rings is 1. The van der Waals surface area contributed by atoms with E-state index in [0.29, 0.717) is 5.92 Å². The van der Waals surface area contributed by atoms with Gasteiger partial charge in [0, 0.05) is 17.1 Å². The second kappa shape index (κ2) is 5.10. The minimum absolute atomic E-state index is 0.605. The van der Waals surface area contributed by atoms with Crippen LogP contribution in [0.4, 0.5) is 0 Å². The quantitative estimate of drug-likeness (QED) is 0.773. The predicted octanol–water partition coefficient (Wildman–Crippen LogP) is 2.86. The van der Waals surface area contributed by atoms with E-state index < -0.39 is 0 Å². The molecule has 0 bridgehead atoms. The molecule has 1 aromatic carbocycles. The molecule has 19 heavy (non-hydrogen) atoms. The van der Waals surface area contributed by atoms with E-state index >= 15 is 0 Å². The maximum Gasteiger partial charge on any atom is 0.150 e. The summed E-state index contributed by atoms with van der Waals surface area (Å²) in [4.78, 5) is 17.7. The lowest BCUT2D eigenvalue weighted by Gasteiger charge is -2.29. The molecule has 1 aliphatic rings. The van der Waals surface area contributed by atoms with Crippen LogP contribution in [0, 0.1) is 0 Å². The highest BCUT2D eigenvalue weighted by Gasteiger charge is 2.18. The molecule has 0 radical (unpaired) electrons. The molecule has 0 atom stereocenters. The third-order valence-corrected chi connectivity index (χ3v) is 4.05. The van der Waals surface area contributed by atoms with Crippen LogP contribution in [-0.2, 0) is 0 Å². The first-order chi connectivity index (χ1) is 9.26. The van der Waals surface area contributed by atoms with Crippen LogP contribution in [0.25, 0.3) is 10.9 Å². The number of aldehydes is 1. The molecule has 1 aliphatic heterocycles. The van der Waals surface area contributed by atoms with Crippen molar-refractivity contribution in [3.05, 3.63) is 41.6 Å². The summed E-state index contributed by atoms with van der Waals surface area (Å²) in [5, 5.41) is 1.07. The molecule has 3 rings (SSSR count). The number of hydrogen-bond acceptors (Lipinski definition) is 3. The van der Waals surface area contributed by atoms with Crippen LogP contribution in [0.1, 0.15) is 34.7 Å². The van der Waals surface area contributed by atoms with Gasteiger partial charge in [-0.05, 0) is 68.7 Å². The maximum absolute atomic E-state index is 10.8. The highest BCUT2D eigenvalue weighted by Crippen LogP contribution is 2.28. The molecule has 3 nitrogen and oxygen atoms in total. The van der Waals surface area contributed by atoms with Crippen molar-refractivity contribution in [2.24, 2.45) is 0 Å². The van der Waals surface area contributed by atoms with Crippen molar-refractivity contribution in [2.75, 3.05) is 20.1 Å². The lowest BCUT2D eigenvalue weighted by molar-refractivity contribution is 0.112. The van der Waals surface area contributed by atoms with E-state index in [0.717, 1.165) is 35.8 Å². The van der Waals surface area contributed by atoms with Gasteiger partial charge in [-0.25, -0.2) is 0 Å². The van der Waals surface area contributed by atoms with E-state index in [1.807, 2.05) is 24.4 Å². The fourth-order valence-corrected chi connectivity index (χ4v) is 2.81. The van der Waals surface area contributed by atoms with E-state index in [1.165, 1.54) is 18.4 Å². The van der Waals surface area contributed by atoms with Crippen molar-refractivity contribution in [3.63, 3.8) is 0 Å². The molecule has 1 aromatic heterocycles. The maximum atomic E-state index is 10.8. The summed E-state index contributed by atoms with van der Waals surface area (Å²) < 4.78 is 0. The molecule has 1 fully saturated rings. The van der Waals surface area contributed by atoms with Crippen LogP contribution in [0.5, 0.6) is 0 Å². The topological polar surface area (TPSA) is 33.2 Å². The predicted molar refractivity (Wildman–Crippen MR) is 76.6 cm³/mol. The van der Waals surface area contributed by atoms with Gasteiger partial charge >= 0.3 is 0 Å². The largest absolute Gasteiger partial charge is 0.306 e. The Morgan fingerprint density at radius 1 is 1.26 bits per heavy atom. The summed E-state index contributed by atoms with van der Waals surface area (Å²) in [6, 6.07) is 7.86. The number of carbonyl (C=O) groups is 1. The van der Waals surface area contributed by atoms with Crippen molar-refractivity contribution < 1.29 is 4.79 Å². The molecule has 0 unspecified atom stereocenters. The monoisotopic (exact) mass is 254 g/mol. The summed E-state index contributed by atoms with van der Waals surface area (Å²) in [6.45, 7) is 2.30. The molecule has 0 spiro atoms. The van der Waals surface area contributed by atoms with Gasteiger partial charge in [0.15, 0.2) is 0 Å². The molecule has 0 aliphatic carbocycles. The lowest BCUT2D eigenvalue weighted by Crippen LogP contribution is -2.29. The number of benzene rings is 1. The number of hydrogen-bond donors (Lipinski definition) is 0. The van der Waals surface area contributed by atoms with Gasteiger partial charge in [-0.3, -0.25) is 9.78 Å². The Hall–Kier alpha value is -1.74. The Kier molecular flexibility index (Phi) is 3.30. The average Bonchev–Trinajstić information content (AvgIpc) is 2.47. The number of aromatic nitrogens is 1. The second-order valence-corrected chi connectivity index (χ2v) is 5.42. The van der Waals surface area contributed by atoms with E-state index in [-0.39, 0.29) is 0 Å². The molecule has 0 saturated carbocycles. The van der Waals surface area contributed by atoms with Crippen molar-refractivity contribution >= 4 is 17.2 Å². The zero-order valence-corrected chi connectivity index (χ0v) is 11.2. The summed E-state index contributed by atoms with van der Waals surface area (Å²) >= 11 is 0. The Bertz CT molecular complexity index is 601. The Morgan fingerprint density at radius 3 is 2.79 bits per heavy atom. The molecule has 2 heterocycles. The van der Waals surface area contributed by atoms with E-state index in [2.05, 4.69) is 23.0 Å². The van der Waals surface area contributed by atoms with Gasteiger partial charge in [-0.2, -0.15) is 0 Å². The Labute approximate surface area is 113 Å². The zero-order chi connectivity index (χ0) is 13.2. The van der Waals surface area contributed by atoms with Gasteiger partial charge in [-0.1, -0.05) is 0 Å². The average molecular weight is 254 g/mol.